The number of imide groups is 1. The van der Waals surface area contributed by atoms with Crippen LogP contribution >= 0.6 is 0 Å². The predicted molar refractivity (Wildman–Crippen MR) is 94.8 cm³/mol. The summed E-state index contributed by atoms with van der Waals surface area (Å²) < 4.78 is 0. The lowest BCUT2D eigenvalue weighted by Crippen LogP contribution is -2.50. The number of hydrogen-bond donors (Lipinski definition) is 2. The monoisotopic (exact) mass is 349 g/mol. The molecule has 1 spiro atoms. The van der Waals surface area contributed by atoms with Crippen LogP contribution in [0.4, 0.5) is 4.79 Å². The van der Waals surface area contributed by atoms with Crippen LogP contribution in [0.5, 0.6) is 0 Å². The van der Waals surface area contributed by atoms with Crippen molar-refractivity contribution in [2.45, 2.75) is 83.2 Å². The van der Waals surface area contributed by atoms with E-state index in [-0.39, 0.29) is 24.4 Å². The maximum absolute atomic E-state index is 12.8. The minimum Gasteiger partial charge on any atom is -0.352 e. The van der Waals surface area contributed by atoms with E-state index in [9.17, 15) is 14.4 Å². The Hall–Kier alpha value is -1.59. The molecule has 2 N–H and O–H groups in total. The summed E-state index contributed by atoms with van der Waals surface area (Å²) in [5.41, 5.74) is -0.763. The zero-order valence-corrected chi connectivity index (χ0v) is 15.5. The van der Waals surface area contributed by atoms with Gasteiger partial charge < -0.3 is 10.6 Å². The van der Waals surface area contributed by atoms with Crippen molar-refractivity contribution in [3.63, 3.8) is 0 Å². The fraction of sp³-hybridized carbons (Fsp3) is 0.842. The van der Waals surface area contributed by atoms with Crippen LogP contribution in [0.25, 0.3) is 0 Å². The molecular formula is C19H31N3O3. The first kappa shape index (κ1) is 18.2. The number of carbonyl (C=O) groups excluding carboxylic acids is 3. The standard InChI is InChI=1S/C19H31N3O3/c1-3-14-8-10-19(11-9-14)17(24)22(18(25)21-19)12-16(23)20-15-7-5-4-6-13(15)2/h13-15H,3-12H2,1-2H3,(H,20,23)(H,21,25)/t13-,14?,15+,19?/m0/s1. The molecule has 0 unspecified atom stereocenters. The third kappa shape index (κ3) is 3.67. The molecule has 2 aliphatic carbocycles. The van der Waals surface area contributed by atoms with Crippen LogP contribution in [-0.2, 0) is 9.59 Å². The van der Waals surface area contributed by atoms with Gasteiger partial charge in [-0.3, -0.25) is 14.5 Å². The molecule has 3 rings (SSSR count). The van der Waals surface area contributed by atoms with E-state index in [1.807, 2.05) is 0 Å². The molecule has 1 heterocycles. The van der Waals surface area contributed by atoms with Gasteiger partial charge in [0, 0.05) is 6.04 Å². The Morgan fingerprint density at radius 2 is 1.88 bits per heavy atom. The molecule has 6 nitrogen and oxygen atoms in total. The highest BCUT2D eigenvalue weighted by atomic mass is 16.2. The zero-order valence-electron chi connectivity index (χ0n) is 15.5. The number of carbonyl (C=O) groups is 3. The topological polar surface area (TPSA) is 78.5 Å². The lowest BCUT2D eigenvalue weighted by Gasteiger charge is -2.34. The van der Waals surface area contributed by atoms with Crippen LogP contribution < -0.4 is 10.6 Å². The van der Waals surface area contributed by atoms with Crippen LogP contribution in [-0.4, -0.2) is 40.9 Å². The molecule has 0 aromatic heterocycles. The van der Waals surface area contributed by atoms with E-state index in [0.29, 0.717) is 24.7 Å². The number of hydrogen-bond acceptors (Lipinski definition) is 3. The Kier molecular flexibility index (Phi) is 5.35. The SMILES string of the molecule is CCC1CCC2(CC1)NC(=O)N(CC(=O)N[C@@H]1CCCC[C@@H]1C)C2=O. The van der Waals surface area contributed by atoms with E-state index in [1.54, 1.807) is 0 Å². The first-order valence-electron chi connectivity index (χ1n) is 9.88. The summed E-state index contributed by atoms with van der Waals surface area (Å²) in [5.74, 6) is 0.664. The summed E-state index contributed by atoms with van der Waals surface area (Å²) in [6, 6.07) is -0.247. The molecule has 140 valence electrons. The first-order chi connectivity index (χ1) is 11.9. The lowest BCUT2D eigenvalue weighted by molar-refractivity contribution is -0.136. The second-order valence-electron chi connectivity index (χ2n) is 8.19. The summed E-state index contributed by atoms with van der Waals surface area (Å²) in [5, 5.41) is 5.92. The van der Waals surface area contributed by atoms with Crippen molar-refractivity contribution in [2.24, 2.45) is 11.8 Å². The summed E-state index contributed by atoms with van der Waals surface area (Å²) in [7, 11) is 0. The van der Waals surface area contributed by atoms with Gasteiger partial charge in [0.25, 0.3) is 5.91 Å². The van der Waals surface area contributed by atoms with Crippen molar-refractivity contribution >= 4 is 17.8 Å². The smallest absolute Gasteiger partial charge is 0.325 e. The van der Waals surface area contributed by atoms with Crippen molar-refractivity contribution in [3.05, 3.63) is 0 Å². The normalized spacial score (nSPS) is 35.8. The fourth-order valence-corrected chi connectivity index (χ4v) is 4.66. The minimum absolute atomic E-state index is 0.160. The maximum atomic E-state index is 12.8. The second kappa shape index (κ2) is 7.34. The molecule has 4 amide bonds. The minimum atomic E-state index is -0.763. The number of nitrogens with zero attached hydrogens (tertiary/aromatic N) is 1. The number of amides is 4. The van der Waals surface area contributed by atoms with Gasteiger partial charge in [-0.25, -0.2) is 4.79 Å². The Labute approximate surface area is 150 Å². The molecule has 1 aliphatic heterocycles. The summed E-state index contributed by atoms with van der Waals surface area (Å²) in [6.45, 7) is 4.16. The largest absolute Gasteiger partial charge is 0.352 e. The van der Waals surface area contributed by atoms with Gasteiger partial charge in [0.1, 0.15) is 12.1 Å². The van der Waals surface area contributed by atoms with Gasteiger partial charge in [-0.05, 0) is 50.4 Å². The van der Waals surface area contributed by atoms with Gasteiger partial charge in [-0.15, -0.1) is 0 Å². The van der Waals surface area contributed by atoms with Gasteiger partial charge in [-0.1, -0.05) is 33.1 Å². The highest BCUT2D eigenvalue weighted by molar-refractivity contribution is 6.09. The molecule has 3 aliphatic rings. The first-order valence-corrected chi connectivity index (χ1v) is 9.88. The molecule has 25 heavy (non-hydrogen) atoms. The molecule has 1 saturated heterocycles. The highest BCUT2D eigenvalue weighted by Gasteiger charge is 2.52. The van der Waals surface area contributed by atoms with E-state index in [2.05, 4.69) is 24.5 Å². The van der Waals surface area contributed by atoms with Gasteiger partial charge >= 0.3 is 6.03 Å². The number of rotatable bonds is 4. The van der Waals surface area contributed by atoms with Crippen molar-refractivity contribution < 1.29 is 14.4 Å². The molecular weight excluding hydrogens is 318 g/mol. The van der Waals surface area contributed by atoms with Gasteiger partial charge in [-0.2, -0.15) is 0 Å². The molecule has 6 heteroatoms. The molecule has 0 radical (unpaired) electrons. The molecule has 0 aromatic carbocycles. The lowest BCUT2D eigenvalue weighted by atomic mass is 9.75. The van der Waals surface area contributed by atoms with Crippen molar-refractivity contribution in [1.29, 1.82) is 0 Å². The van der Waals surface area contributed by atoms with Gasteiger partial charge in [0.2, 0.25) is 5.91 Å². The number of urea groups is 1. The van der Waals surface area contributed by atoms with Crippen LogP contribution in [0, 0.1) is 11.8 Å². The van der Waals surface area contributed by atoms with Crippen molar-refractivity contribution in [2.75, 3.05) is 6.54 Å². The third-order valence-corrected chi connectivity index (χ3v) is 6.54. The van der Waals surface area contributed by atoms with Gasteiger partial charge in [0.05, 0.1) is 0 Å². The van der Waals surface area contributed by atoms with Gasteiger partial charge in [0.15, 0.2) is 0 Å². The van der Waals surface area contributed by atoms with E-state index in [4.69, 9.17) is 0 Å². The molecule has 3 fully saturated rings. The Bertz CT molecular complexity index is 540. The maximum Gasteiger partial charge on any atom is 0.325 e. The van der Waals surface area contributed by atoms with Crippen molar-refractivity contribution in [3.8, 4) is 0 Å². The van der Waals surface area contributed by atoms with E-state index in [1.165, 1.54) is 6.42 Å². The zero-order chi connectivity index (χ0) is 18.0. The average Bonchev–Trinajstić information content (AvgIpc) is 2.82. The van der Waals surface area contributed by atoms with Crippen LogP contribution in [0.15, 0.2) is 0 Å². The Balaban J connectivity index is 1.58. The van der Waals surface area contributed by atoms with E-state index >= 15 is 0 Å². The van der Waals surface area contributed by atoms with Crippen LogP contribution in [0.2, 0.25) is 0 Å². The third-order valence-electron chi connectivity index (χ3n) is 6.54. The predicted octanol–water partition coefficient (Wildman–Crippen LogP) is 2.57. The Morgan fingerprint density at radius 3 is 2.52 bits per heavy atom. The summed E-state index contributed by atoms with van der Waals surface area (Å²) in [6.07, 6.45) is 8.85. The summed E-state index contributed by atoms with van der Waals surface area (Å²) in [4.78, 5) is 38.7. The highest BCUT2D eigenvalue weighted by Crippen LogP contribution is 2.37. The number of nitrogens with one attached hydrogen (secondary N) is 2. The summed E-state index contributed by atoms with van der Waals surface area (Å²) >= 11 is 0. The van der Waals surface area contributed by atoms with Crippen LogP contribution in [0.1, 0.15) is 71.6 Å². The quantitative estimate of drug-likeness (QED) is 0.766. The molecule has 2 saturated carbocycles. The molecule has 0 aromatic rings. The molecule has 0 bridgehead atoms. The average molecular weight is 349 g/mol. The van der Waals surface area contributed by atoms with Crippen LogP contribution in [0.3, 0.4) is 0 Å². The molecule has 2 atom stereocenters. The van der Waals surface area contributed by atoms with Crippen molar-refractivity contribution in [1.82, 2.24) is 15.5 Å². The second-order valence-corrected chi connectivity index (χ2v) is 8.19. The fourth-order valence-electron chi connectivity index (χ4n) is 4.66. The van der Waals surface area contributed by atoms with E-state index < -0.39 is 11.6 Å². The Morgan fingerprint density at radius 1 is 1.20 bits per heavy atom. The van der Waals surface area contributed by atoms with E-state index in [0.717, 1.165) is 43.4 Å².